The average Bonchev–Trinajstić information content (AvgIpc) is 2.54. The Kier molecular flexibility index (Phi) is 4.54. The van der Waals surface area contributed by atoms with Crippen molar-refractivity contribution in [3.8, 4) is 0 Å². The Bertz CT molecular complexity index is 595. The number of hydrogen-bond donors (Lipinski definition) is 1. The first-order valence-corrected chi connectivity index (χ1v) is 7.69. The number of ether oxygens (including phenoxy) is 2. The minimum absolute atomic E-state index is 0.0429. The molecular formula is C15H21N3O4. The Hall–Kier alpha value is -1.73. The summed E-state index contributed by atoms with van der Waals surface area (Å²) in [4.78, 5) is 32.9. The molecule has 2 saturated heterocycles. The van der Waals surface area contributed by atoms with Crippen LogP contribution in [-0.2, 0) is 14.3 Å². The van der Waals surface area contributed by atoms with Crippen LogP contribution in [-0.4, -0.2) is 53.7 Å². The molecule has 0 bridgehead atoms. The number of nitrogens with zero attached hydrogens (tertiary/aromatic N) is 2. The first-order valence-electron chi connectivity index (χ1n) is 7.69. The lowest BCUT2D eigenvalue weighted by Crippen LogP contribution is -2.46. The minimum Gasteiger partial charge on any atom is -0.381 e. The summed E-state index contributed by atoms with van der Waals surface area (Å²) >= 11 is 0. The lowest BCUT2D eigenvalue weighted by atomic mass is 9.98. The van der Waals surface area contributed by atoms with Crippen molar-refractivity contribution in [1.29, 1.82) is 0 Å². The topological polar surface area (TPSA) is 84.5 Å². The van der Waals surface area contributed by atoms with Gasteiger partial charge in [-0.1, -0.05) is 0 Å². The van der Waals surface area contributed by atoms with E-state index in [1.54, 1.807) is 6.92 Å². The number of aryl methyl sites for hydroxylation is 1. The Morgan fingerprint density at radius 2 is 2.14 bits per heavy atom. The molecule has 3 rings (SSSR count). The lowest BCUT2D eigenvalue weighted by molar-refractivity contribution is -0.146. The van der Waals surface area contributed by atoms with Gasteiger partial charge in [0.1, 0.15) is 11.9 Å². The third kappa shape index (κ3) is 3.36. The zero-order chi connectivity index (χ0) is 15.5. The van der Waals surface area contributed by atoms with E-state index in [4.69, 9.17) is 9.47 Å². The first kappa shape index (κ1) is 15.2. The SMILES string of the molecule is Cc1nc([C@H]2CN(C(=O)C3CCOCC3)CCO2)cc(=O)[nH]1. The summed E-state index contributed by atoms with van der Waals surface area (Å²) in [5, 5.41) is 0. The van der Waals surface area contributed by atoms with E-state index in [0.717, 1.165) is 12.8 Å². The van der Waals surface area contributed by atoms with Crippen LogP contribution in [0.5, 0.6) is 0 Å². The molecule has 7 nitrogen and oxygen atoms in total. The molecule has 120 valence electrons. The molecule has 0 spiro atoms. The molecular weight excluding hydrogens is 286 g/mol. The van der Waals surface area contributed by atoms with Crippen LogP contribution in [0.1, 0.15) is 30.5 Å². The average molecular weight is 307 g/mol. The predicted molar refractivity (Wildman–Crippen MR) is 78.4 cm³/mol. The van der Waals surface area contributed by atoms with E-state index < -0.39 is 0 Å². The van der Waals surface area contributed by atoms with Gasteiger partial charge in [-0.25, -0.2) is 4.98 Å². The number of H-pyrrole nitrogens is 1. The van der Waals surface area contributed by atoms with Gasteiger partial charge in [-0.2, -0.15) is 0 Å². The Morgan fingerprint density at radius 3 is 2.86 bits per heavy atom. The summed E-state index contributed by atoms with van der Waals surface area (Å²) in [6, 6.07) is 1.44. The monoisotopic (exact) mass is 307 g/mol. The second kappa shape index (κ2) is 6.58. The maximum Gasteiger partial charge on any atom is 0.251 e. The van der Waals surface area contributed by atoms with Crippen LogP contribution in [0.4, 0.5) is 0 Å². The van der Waals surface area contributed by atoms with Crippen LogP contribution >= 0.6 is 0 Å². The molecule has 0 aliphatic carbocycles. The summed E-state index contributed by atoms with van der Waals surface area (Å²) in [5.41, 5.74) is 0.393. The molecule has 1 atom stereocenters. The summed E-state index contributed by atoms with van der Waals surface area (Å²) in [6.45, 7) is 4.55. The molecule has 2 aliphatic heterocycles. The van der Waals surface area contributed by atoms with Gasteiger partial charge in [0, 0.05) is 31.7 Å². The van der Waals surface area contributed by atoms with Crippen molar-refractivity contribution in [3.63, 3.8) is 0 Å². The van der Waals surface area contributed by atoms with E-state index in [-0.39, 0.29) is 23.5 Å². The predicted octanol–water partition coefficient (Wildman–Crippen LogP) is 0.405. The highest BCUT2D eigenvalue weighted by atomic mass is 16.5. The normalized spacial score (nSPS) is 23.5. The second-order valence-electron chi connectivity index (χ2n) is 5.79. The number of carbonyl (C=O) groups excluding carboxylic acids is 1. The molecule has 1 aromatic heterocycles. The molecule has 0 saturated carbocycles. The summed E-state index contributed by atoms with van der Waals surface area (Å²) in [6.07, 6.45) is 1.23. The molecule has 2 fully saturated rings. The number of hydrogen-bond acceptors (Lipinski definition) is 5. The fraction of sp³-hybridized carbons (Fsp3) is 0.667. The summed E-state index contributed by atoms with van der Waals surface area (Å²) in [5.74, 6) is 0.763. The van der Waals surface area contributed by atoms with Crippen LogP contribution in [0.25, 0.3) is 0 Å². The van der Waals surface area contributed by atoms with Crippen molar-refractivity contribution in [3.05, 3.63) is 27.9 Å². The molecule has 1 amide bonds. The largest absolute Gasteiger partial charge is 0.381 e. The molecule has 3 heterocycles. The van der Waals surface area contributed by atoms with Crippen LogP contribution in [0.3, 0.4) is 0 Å². The van der Waals surface area contributed by atoms with Gasteiger partial charge in [0.15, 0.2) is 0 Å². The third-order valence-corrected chi connectivity index (χ3v) is 4.16. The highest BCUT2D eigenvalue weighted by molar-refractivity contribution is 5.79. The maximum atomic E-state index is 12.6. The lowest BCUT2D eigenvalue weighted by Gasteiger charge is -2.35. The van der Waals surface area contributed by atoms with Gasteiger partial charge < -0.3 is 19.4 Å². The Balaban J connectivity index is 1.70. The zero-order valence-electron chi connectivity index (χ0n) is 12.7. The molecule has 7 heteroatoms. The number of aromatic amines is 1. The van der Waals surface area contributed by atoms with E-state index >= 15 is 0 Å². The number of nitrogens with one attached hydrogen (secondary N) is 1. The third-order valence-electron chi connectivity index (χ3n) is 4.16. The maximum absolute atomic E-state index is 12.6. The van der Waals surface area contributed by atoms with Gasteiger partial charge in [0.2, 0.25) is 5.91 Å². The van der Waals surface area contributed by atoms with Gasteiger partial charge >= 0.3 is 0 Å². The van der Waals surface area contributed by atoms with Crippen LogP contribution in [0.2, 0.25) is 0 Å². The molecule has 1 aromatic rings. The van der Waals surface area contributed by atoms with Crippen molar-refractivity contribution in [2.24, 2.45) is 5.92 Å². The fourth-order valence-corrected chi connectivity index (χ4v) is 3.00. The highest BCUT2D eigenvalue weighted by Crippen LogP contribution is 2.24. The zero-order valence-corrected chi connectivity index (χ0v) is 12.7. The van der Waals surface area contributed by atoms with E-state index in [1.165, 1.54) is 6.07 Å². The molecule has 0 aromatic carbocycles. The van der Waals surface area contributed by atoms with Crippen molar-refractivity contribution in [2.75, 3.05) is 32.9 Å². The number of amides is 1. The highest BCUT2D eigenvalue weighted by Gasteiger charge is 2.31. The number of aromatic nitrogens is 2. The van der Waals surface area contributed by atoms with Gasteiger partial charge in [0.05, 0.1) is 18.8 Å². The molecule has 0 unspecified atom stereocenters. The standard InChI is InChI=1S/C15H21N3O4/c1-10-16-12(8-14(19)17-10)13-9-18(4-7-22-13)15(20)11-2-5-21-6-3-11/h8,11,13H,2-7,9H2,1H3,(H,16,17,19)/t13-/m1/s1. The van der Waals surface area contributed by atoms with Gasteiger partial charge in [-0.3, -0.25) is 9.59 Å². The molecule has 2 aliphatic rings. The van der Waals surface area contributed by atoms with Gasteiger partial charge in [-0.15, -0.1) is 0 Å². The second-order valence-corrected chi connectivity index (χ2v) is 5.79. The Morgan fingerprint density at radius 1 is 1.36 bits per heavy atom. The minimum atomic E-state index is -0.335. The van der Waals surface area contributed by atoms with Crippen LogP contribution in [0, 0.1) is 12.8 Å². The van der Waals surface area contributed by atoms with Crippen molar-refractivity contribution < 1.29 is 14.3 Å². The van der Waals surface area contributed by atoms with E-state index in [2.05, 4.69) is 9.97 Å². The Labute approximate surface area is 128 Å². The number of morpholine rings is 1. The quantitative estimate of drug-likeness (QED) is 0.855. The number of rotatable bonds is 2. The molecule has 22 heavy (non-hydrogen) atoms. The smallest absolute Gasteiger partial charge is 0.251 e. The van der Waals surface area contributed by atoms with E-state index in [0.29, 0.717) is 44.4 Å². The van der Waals surface area contributed by atoms with E-state index in [9.17, 15) is 9.59 Å². The van der Waals surface area contributed by atoms with Crippen LogP contribution < -0.4 is 5.56 Å². The van der Waals surface area contributed by atoms with Gasteiger partial charge in [0.25, 0.3) is 5.56 Å². The van der Waals surface area contributed by atoms with Crippen molar-refractivity contribution >= 4 is 5.91 Å². The first-order chi connectivity index (χ1) is 10.6. The van der Waals surface area contributed by atoms with E-state index in [1.807, 2.05) is 4.90 Å². The van der Waals surface area contributed by atoms with Crippen molar-refractivity contribution in [2.45, 2.75) is 25.9 Å². The molecule has 0 radical (unpaired) electrons. The fourth-order valence-electron chi connectivity index (χ4n) is 3.00. The van der Waals surface area contributed by atoms with Crippen LogP contribution in [0.15, 0.2) is 10.9 Å². The summed E-state index contributed by atoms with van der Waals surface area (Å²) < 4.78 is 11.0. The van der Waals surface area contributed by atoms with Gasteiger partial charge in [-0.05, 0) is 19.8 Å². The number of carbonyl (C=O) groups is 1. The summed E-state index contributed by atoms with van der Waals surface area (Å²) in [7, 11) is 0. The van der Waals surface area contributed by atoms with Crippen molar-refractivity contribution in [1.82, 2.24) is 14.9 Å². The molecule has 1 N–H and O–H groups in total.